The van der Waals surface area contributed by atoms with E-state index in [4.69, 9.17) is 0 Å². The number of carbonyl (C=O) groups excluding carboxylic acids is 2. The summed E-state index contributed by atoms with van der Waals surface area (Å²) in [6, 6.07) is 8.87. The molecule has 0 aromatic heterocycles. The van der Waals surface area contributed by atoms with Crippen molar-refractivity contribution < 1.29 is 9.59 Å². The third-order valence-electron chi connectivity index (χ3n) is 2.06. The first-order chi connectivity index (χ1) is 8.13. The standard InChI is InChI=1S/C11H12O2.2C2H6/c1-8(9(2)12)11(13)10-6-4-3-5-7-10;2*1-2/h3-8H,1-2H3;2*1-2H3. The second-order valence-corrected chi connectivity index (χ2v) is 3.06. The third-order valence-corrected chi connectivity index (χ3v) is 2.06. The molecule has 0 aliphatic rings. The summed E-state index contributed by atoms with van der Waals surface area (Å²) >= 11 is 0. The molecule has 96 valence electrons. The highest BCUT2D eigenvalue weighted by Crippen LogP contribution is 2.08. The predicted octanol–water partition coefficient (Wildman–Crippen LogP) is 4.15. The monoisotopic (exact) mass is 236 g/mol. The zero-order chi connectivity index (χ0) is 13.8. The van der Waals surface area contributed by atoms with Gasteiger partial charge < -0.3 is 0 Å². The Morgan fingerprint density at radius 3 is 1.71 bits per heavy atom. The van der Waals surface area contributed by atoms with E-state index in [1.165, 1.54) is 6.92 Å². The number of ketones is 2. The van der Waals surface area contributed by atoms with E-state index in [9.17, 15) is 9.59 Å². The van der Waals surface area contributed by atoms with Gasteiger partial charge in [-0.3, -0.25) is 9.59 Å². The van der Waals surface area contributed by atoms with E-state index in [1.807, 2.05) is 33.8 Å². The Balaban J connectivity index is 0. The van der Waals surface area contributed by atoms with Gasteiger partial charge in [-0.15, -0.1) is 0 Å². The summed E-state index contributed by atoms with van der Waals surface area (Å²) in [6.07, 6.45) is 0. The van der Waals surface area contributed by atoms with Crippen LogP contribution < -0.4 is 0 Å². The van der Waals surface area contributed by atoms with Crippen LogP contribution in [0.15, 0.2) is 30.3 Å². The molecular formula is C15H24O2. The van der Waals surface area contributed by atoms with Gasteiger partial charge in [0.1, 0.15) is 5.78 Å². The fraction of sp³-hybridized carbons (Fsp3) is 0.467. The van der Waals surface area contributed by atoms with Crippen LogP contribution in [0.1, 0.15) is 51.9 Å². The molecule has 0 aliphatic heterocycles. The summed E-state index contributed by atoms with van der Waals surface area (Å²) in [7, 11) is 0. The highest BCUT2D eigenvalue weighted by molar-refractivity contribution is 6.09. The Labute approximate surface area is 105 Å². The van der Waals surface area contributed by atoms with E-state index in [2.05, 4.69) is 0 Å². The van der Waals surface area contributed by atoms with Crippen molar-refractivity contribution in [2.24, 2.45) is 5.92 Å². The molecule has 0 aliphatic carbocycles. The summed E-state index contributed by atoms with van der Waals surface area (Å²) in [4.78, 5) is 22.5. The van der Waals surface area contributed by atoms with Crippen LogP contribution in [0.2, 0.25) is 0 Å². The highest BCUT2D eigenvalue weighted by atomic mass is 16.1. The molecule has 0 spiro atoms. The molecular weight excluding hydrogens is 212 g/mol. The number of rotatable bonds is 3. The van der Waals surface area contributed by atoms with Crippen molar-refractivity contribution in [3.05, 3.63) is 35.9 Å². The maximum Gasteiger partial charge on any atom is 0.173 e. The zero-order valence-corrected chi connectivity index (χ0v) is 11.8. The van der Waals surface area contributed by atoms with Gasteiger partial charge in [-0.25, -0.2) is 0 Å². The SMILES string of the molecule is CC.CC.CC(=O)C(C)C(=O)c1ccccc1. The fourth-order valence-electron chi connectivity index (χ4n) is 1.04. The van der Waals surface area contributed by atoms with Crippen molar-refractivity contribution in [1.29, 1.82) is 0 Å². The molecule has 1 rings (SSSR count). The number of carbonyl (C=O) groups is 2. The molecule has 1 aromatic carbocycles. The summed E-state index contributed by atoms with van der Waals surface area (Å²) in [5.41, 5.74) is 0.602. The molecule has 0 fully saturated rings. The Kier molecular flexibility index (Phi) is 11.7. The van der Waals surface area contributed by atoms with Crippen LogP contribution >= 0.6 is 0 Å². The lowest BCUT2D eigenvalue weighted by Gasteiger charge is -2.05. The normalized spacial score (nSPS) is 10.0. The average molecular weight is 236 g/mol. The lowest BCUT2D eigenvalue weighted by molar-refractivity contribution is -0.118. The fourth-order valence-corrected chi connectivity index (χ4v) is 1.04. The van der Waals surface area contributed by atoms with Crippen LogP contribution in [0.3, 0.4) is 0 Å². The van der Waals surface area contributed by atoms with Gasteiger partial charge >= 0.3 is 0 Å². The second-order valence-electron chi connectivity index (χ2n) is 3.06. The highest BCUT2D eigenvalue weighted by Gasteiger charge is 2.18. The van der Waals surface area contributed by atoms with Crippen molar-refractivity contribution >= 4 is 11.6 Å². The summed E-state index contributed by atoms with van der Waals surface area (Å²) < 4.78 is 0. The van der Waals surface area contributed by atoms with Crippen molar-refractivity contribution in [1.82, 2.24) is 0 Å². The van der Waals surface area contributed by atoms with E-state index in [0.717, 1.165) is 0 Å². The van der Waals surface area contributed by atoms with Gasteiger partial charge in [0.25, 0.3) is 0 Å². The Bertz CT molecular complexity index is 315. The van der Waals surface area contributed by atoms with Gasteiger partial charge in [0.05, 0.1) is 5.92 Å². The van der Waals surface area contributed by atoms with E-state index < -0.39 is 5.92 Å². The molecule has 0 N–H and O–H groups in total. The van der Waals surface area contributed by atoms with Gasteiger partial charge in [-0.1, -0.05) is 58.0 Å². The lowest BCUT2D eigenvalue weighted by atomic mass is 9.96. The van der Waals surface area contributed by atoms with E-state index in [-0.39, 0.29) is 11.6 Å². The lowest BCUT2D eigenvalue weighted by Crippen LogP contribution is -2.18. The van der Waals surface area contributed by atoms with Crippen LogP contribution in [-0.4, -0.2) is 11.6 Å². The number of hydrogen-bond donors (Lipinski definition) is 0. The summed E-state index contributed by atoms with van der Waals surface area (Å²) in [5, 5.41) is 0. The Morgan fingerprint density at radius 1 is 0.941 bits per heavy atom. The van der Waals surface area contributed by atoms with Crippen LogP contribution in [0.25, 0.3) is 0 Å². The topological polar surface area (TPSA) is 34.1 Å². The zero-order valence-electron chi connectivity index (χ0n) is 11.8. The molecule has 17 heavy (non-hydrogen) atoms. The van der Waals surface area contributed by atoms with Gasteiger partial charge in [-0.05, 0) is 13.8 Å². The minimum Gasteiger partial charge on any atom is -0.299 e. The largest absolute Gasteiger partial charge is 0.299 e. The molecule has 0 radical (unpaired) electrons. The molecule has 0 saturated heterocycles. The molecule has 2 nitrogen and oxygen atoms in total. The van der Waals surface area contributed by atoms with E-state index in [1.54, 1.807) is 31.2 Å². The Hall–Kier alpha value is -1.44. The first-order valence-electron chi connectivity index (χ1n) is 6.22. The first kappa shape index (κ1) is 17.9. The molecule has 0 bridgehead atoms. The summed E-state index contributed by atoms with van der Waals surface area (Å²) in [5.74, 6) is -0.718. The molecule has 1 unspecified atom stereocenters. The van der Waals surface area contributed by atoms with Crippen LogP contribution in [0.5, 0.6) is 0 Å². The minimum atomic E-state index is -0.526. The Morgan fingerprint density at radius 2 is 1.35 bits per heavy atom. The molecule has 0 heterocycles. The molecule has 1 aromatic rings. The second kappa shape index (κ2) is 11.1. The summed E-state index contributed by atoms with van der Waals surface area (Å²) in [6.45, 7) is 11.1. The molecule has 0 amide bonds. The smallest absolute Gasteiger partial charge is 0.173 e. The van der Waals surface area contributed by atoms with Crippen LogP contribution in [0, 0.1) is 5.92 Å². The van der Waals surface area contributed by atoms with Crippen molar-refractivity contribution in [3.63, 3.8) is 0 Å². The average Bonchev–Trinajstić information content (AvgIpc) is 2.42. The van der Waals surface area contributed by atoms with Gasteiger partial charge in [0.2, 0.25) is 0 Å². The first-order valence-corrected chi connectivity index (χ1v) is 6.22. The van der Waals surface area contributed by atoms with Crippen molar-refractivity contribution in [2.75, 3.05) is 0 Å². The van der Waals surface area contributed by atoms with Gasteiger partial charge in [0, 0.05) is 5.56 Å². The predicted molar refractivity (Wildman–Crippen MR) is 73.3 cm³/mol. The maximum absolute atomic E-state index is 11.6. The quantitative estimate of drug-likeness (QED) is 0.583. The van der Waals surface area contributed by atoms with Gasteiger partial charge in [-0.2, -0.15) is 0 Å². The number of Topliss-reactive ketones (excluding diaryl/α,β-unsaturated/α-hetero) is 2. The van der Waals surface area contributed by atoms with E-state index >= 15 is 0 Å². The number of benzene rings is 1. The molecule has 1 atom stereocenters. The van der Waals surface area contributed by atoms with Crippen molar-refractivity contribution in [2.45, 2.75) is 41.5 Å². The van der Waals surface area contributed by atoms with Crippen LogP contribution in [0.4, 0.5) is 0 Å². The third kappa shape index (κ3) is 6.67. The van der Waals surface area contributed by atoms with Crippen LogP contribution in [-0.2, 0) is 4.79 Å². The minimum absolute atomic E-state index is 0.0890. The van der Waals surface area contributed by atoms with E-state index in [0.29, 0.717) is 5.56 Å². The molecule has 2 heteroatoms. The van der Waals surface area contributed by atoms with Crippen molar-refractivity contribution in [3.8, 4) is 0 Å². The number of hydrogen-bond acceptors (Lipinski definition) is 2. The molecule has 0 saturated carbocycles. The maximum atomic E-state index is 11.6. The van der Waals surface area contributed by atoms with Gasteiger partial charge in [0.15, 0.2) is 5.78 Å².